The molecule has 0 radical (unpaired) electrons. The first-order valence-electron chi connectivity index (χ1n) is 7.30. The van der Waals surface area contributed by atoms with Crippen LogP contribution < -0.4 is 0 Å². The van der Waals surface area contributed by atoms with Crippen LogP contribution in [0.5, 0.6) is 0 Å². The molecule has 0 saturated heterocycles. The predicted molar refractivity (Wildman–Crippen MR) is 73.2 cm³/mol. The van der Waals surface area contributed by atoms with Crippen molar-refractivity contribution in [2.45, 2.75) is 78.6 Å². The van der Waals surface area contributed by atoms with Gasteiger partial charge in [-0.25, -0.2) is 0 Å². The van der Waals surface area contributed by atoms with Gasteiger partial charge in [0.25, 0.3) is 0 Å². The van der Waals surface area contributed by atoms with Gasteiger partial charge in [-0.3, -0.25) is 4.79 Å². The van der Waals surface area contributed by atoms with Gasteiger partial charge in [-0.05, 0) is 18.8 Å². The lowest BCUT2D eigenvalue weighted by Gasteiger charge is -2.09. The Balaban J connectivity index is 3.26. The number of rotatable bonds is 11. The van der Waals surface area contributed by atoms with Crippen molar-refractivity contribution in [1.82, 2.24) is 0 Å². The van der Waals surface area contributed by atoms with Gasteiger partial charge in [0.15, 0.2) is 0 Å². The van der Waals surface area contributed by atoms with Gasteiger partial charge in [-0.1, -0.05) is 65.7 Å². The third-order valence-electron chi connectivity index (χ3n) is 3.43. The quantitative estimate of drug-likeness (QED) is 0.525. The summed E-state index contributed by atoms with van der Waals surface area (Å²) in [6.07, 6.45) is 10.5. The number of hydrogen-bond acceptors (Lipinski definition) is 1. The van der Waals surface area contributed by atoms with Crippen LogP contribution in [0.1, 0.15) is 78.6 Å². The third kappa shape index (κ3) is 10.3. The molecule has 0 rings (SSSR count). The summed E-state index contributed by atoms with van der Waals surface area (Å²) in [5.41, 5.74) is 0. The fourth-order valence-corrected chi connectivity index (χ4v) is 2.15. The van der Waals surface area contributed by atoms with E-state index in [9.17, 15) is 4.79 Å². The predicted octanol–water partition coefficient (Wildman–Crippen LogP) is 4.87. The van der Waals surface area contributed by atoms with E-state index in [2.05, 4.69) is 13.8 Å². The molecule has 0 saturated carbocycles. The van der Waals surface area contributed by atoms with Gasteiger partial charge in [0.05, 0.1) is 5.92 Å². The Morgan fingerprint density at radius 3 is 1.82 bits per heavy atom. The number of carboxylic acid groups (broad SMARTS) is 1. The van der Waals surface area contributed by atoms with Crippen LogP contribution in [0.3, 0.4) is 0 Å². The molecule has 2 heteroatoms. The van der Waals surface area contributed by atoms with Gasteiger partial charge in [0.1, 0.15) is 0 Å². The molecule has 0 heterocycles. The molecule has 0 amide bonds. The average molecular weight is 242 g/mol. The van der Waals surface area contributed by atoms with Crippen LogP contribution in [0.4, 0.5) is 0 Å². The number of hydrogen-bond donors (Lipinski definition) is 1. The Morgan fingerprint density at radius 1 is 0.941 bits per heavy atom. The van der Waals surface area contributed by atoms with Crippen molar-refractivity contribution in [1.29, 1.82) is 0 Å². The highest BCUT2D eigenvalue weighted by Gasteiger charge is 2.13. The fourth-order valence-electron chi connectivity index (χ4n) is 2.15. The molecule has 17 heavy (non-hydrogen) atoms. The van der Waals surface area contributed by atoms with Crippen molar-refractivity contribution in [2.75, 3.05) is 0 Å². The normalized spacial score (nSPS) is 12.9. The van der Waals surface area contributed by atoms with E-state index in [4.69, 9.17) is 5.11 Å². The van der Waals surface area contributed by atoms with Gasteiger partial charge in [-0.15, -0.1) is 0 Å². The second-order valence-corrected chi connectivity index (χ2v) is 5.54. The SMILES string of the molecule is CCC(CCCCCCCCC(C)C)C(=O)O. The summed E-state index contributed by atoms with van der Waals surface area (Å²) in [5.74, 6) is 0.0938. The molecule has 0 bridgehead atoms. The van der Waals surface area contributed by atoms with Gasteiger partial charge in [0, 0.05) is 0 Å². The first-order valence-corrected chi connectivity index (χ1v) is 7.30. The van der Waals surface area contributed by atoms with E-state index in [0.717, 1.165) is 25.2 Å². The highest BCUT2D eigenvalue weighted by Crippen LogP contribution is 2.16. The minimum Gasteiger partial charge on any atom is -0.481 e. The molecular formula is C15H30O2. The van der Waals surface area contributed by atoms with E-state index in [1.54, 1.807) is 0 Å². The maximum atomic E-state index is 10.8. The second-order valence-electron chi connectivity index (χ2n) is 5.54. The highest BCUT2D eigenvalue weighted by molar-refractivity contribution is 5.69. The average Bonchev–Trinajstić information content (AvgIpc) is 2.26. The zero-order chi connectivity index (χ0) is 13.1. The van der Waals surface area contributed by atoms with Gasteiger partial charge >= 0.3 is 5.97 Å². The molecule has 1 N–H and O–H groups in total. The summed E-state index contributed by atoms with van der Waals surface area (Å²) in [7, 11) is 0. The largest absolute Gasteiger partial charge is 0.481 e. The van der Waals surface area contributed by atoms with E-state index in [1.165, 1.54) is 38.5 Å². The minimum atomic E-state index is -0.621. The molecule has 0 aromatic carbocycles. The lowest BCUT2D eigenvalue weighted by atomic mass is 9.97. The monoisotopic (exact) mass is 242 g/mol. The van der Waals surface area contributed by atoms with Crippen LogP contribution >= 0.6 is 0 Å². The van der Waals surface area contributed by atoms with E-state index in [-0.39, 0.29) is 5.92 Å². The molecule has 0 aliphatic rings. The van der Waals surface area contributed by atoms with Crippen LogP contribution in [0.2, 0.25) is 0 Å². The van der Waals surface area contributed by atoms with Crippen LogP contribution in [0.15, 0.2) is 0 Å². The smallest absolute Gasteiger partial charge is 0.306 e. The molecule has 0 aliphatic heterocycles. The standard InChI is InChI=1S/C15H30O2/c1-4-14(15(16)17)12-10-8-6-5-7-9-11-13(2)3/h13-14H,4-12H2,1-3H3,(H,16,17). The second kappa shape index (κ2) is 10.6. The number of unbranched alkanes of at least 4 members (excludes halogenated alkanes) is 5. The summed E-state index contributed by atoms with van der Waals surface area (Å²) in [4.78, 5) is 10.8. The zero-order valence-electron chi connectivity index (χ0n) is 11.9. The number of carbonyl (C=O) groups is 1. The van der Waals surface area contributed by atoms with E-state index in [1.807, 2.05) is 6.92 Å². The molecule has 102 valence electrons. The highest BCUT2D eigenvalue weighted by atomic mass is 16.4. The van der Waals surface area contributed by atoms with Crippen LogP contribution in [0, 0.1) is 11.8 Å². The Hall–Kier alpha value is -0.530. The number of aliphatic carboxylic acids is 1. The lowest BCUT2D eigenvalue weighted by Crippen LogP contribution is -2.12. The van der Waals surface area contributed by atoms with E-state index >= 15 is 0 Å². The molecule has 0 spiro atoms. The third-order valence-corrected chi connectivity index (χ3v) is 3.43. The maximum absolute atomic E-state index is 10.8. The summed E-state index contributed by atoms with van der Waals surface area (Å²) in [6, 6.07) is 0. The number of carboxylic acids is 1. The molecule has 0 aromatic heterocycles. The Bertz CT molecular complexity index is 187. The fraction of sp³-hybridized carbons (Fsp3) is 0.933. The van der Waals surface area contributed by atoms with Gasteiger partial charge in [0.2, 0.25) is 0 Å². The van der Waals surface area contributed by atoms with Crippen LogP contribution in [-0.4, -0.2) is 11.1 Å². The molecule has 0 aromatic rings. The summed E-state index contributed by atoms with van der Waals surface area (Å²) < 4.78 is 0. The topological polar surface area (TPSA) is 37.3 Å². The van der Waals surface area contributed by atoms with Crippen molar-refractivity contribution < 1.29 is 9.90 Å². The Labute approximate surface area is 107 Å². The summed E-state index contributed by atoms with van der Waals surface area (Å²) >= 11 is 0. The molecule has 1 atom stereocenters. The van der Waals surface area contributed by atoms with Crippen LogP contribution in [-0.2, 0) is 4.79 Å². The first kappa shape index (κ1) is 16.5. The Morgan fingerprint density at radius 2 is 1.41 bits per heavy atom. The van der Waals surface area contributed by atoms with E-state index < -0.39 is 5.97 Å². The molecule has 2 nitrogen and oxygen atoms in total. The lowest BCUT2D eigenvalue weighted by molar-refractivity contribution is -0.142. The maximum Gasteiger partial charge on any atom is 0.306 e. The van der Waals surface area contributed by atoms with Crippen LogP contribution in [0.25, 0.3) is 0 Å². The van der Waals surface area contributed by atoms with Crippen molar-refractivity contribution in [2.24, 2.45) is 11.8 Å². The summed E-state index contributed by atoms with van der Waals surface area (Å²) in [5, 5.41) is 8.90. The van der Waals surface area contributed by atoms with Crippen molar-refractivity contribution in [3.05, 3.63) is 0 Å². The van der Waals surface area contributed by atoms with Gasteiger partial charge < -0.3 is 5.11 Å². The van der Waals surface area contributed by atoms with Gasteiger partial charge in [-0.2, -0.15) is 0 Å². The molecular weight excluding hydrogens is 212 g/mol. The van der Waals surface area contributed by atoms with Crippen molar-refractivity contribution in [3.8, 4) is 0 Å². The van der Waals surface area contributed by atoms with Crippen molar-refractivity contribution in [3.63, 3.8) is 0 Å². The molecule has 0 aliphatic carbocycles. The molecule has 1 unspecified atom stereocenters. The Kier molecular flexibility index (Phi) is 10.3. The summed E-state index contributed by atoms with van der Waals surface area (Å²) in [6.45, 7) is 6.51. The first-order chi connectivity index (χ1) is 8.07. The minimum absolute atomic E-state index is 0.115. The molecule has 0 fully saturated rings. The van der Waals surface area contributed by atoms with Crippen molar-refractivity contribution >= 4 is 5.97 Å². The van der Waals surface area contributed by atoms with E-state index in [0.29, 0.717) is 0 Å². The zero-order valence-corrected chi connectivity index (χ0v) is 11.9.